The molecular formula is C28H32O3. The Morgan fingerprint density at radius 3 is 2.87 bits per heavy atom. The topological polar surface area (TPSA) is 35.5 Å². The zero-order chi connectivity index (χ0) is 21.2. The first kappa shape index (κ1) is 19.5. The van der Waals surface area contributed by atoms with Gasteiger partial charge < -0.3 is 9.47 Å². The number of hydrogen-bond acceptors (Lipinski definition) is 3. The number of ketones is 1. The summed E-state index contributed by atoms with van der Waals surface area (Å²) in [6.07, 6.45) is 13.9. The minimum absolute atomic E-state index is 0.108. The molecule has 0 saturated heterocycles. The van der Waals surface area contributed by atoms with Crippen LogP contribution in [0.4, 0.5) is 0 Å². The van der Waals surface area contributed by atoms with Crippen molar-refractivity contribution >= 4 is 5.78 Å². The second-order valence-corrected chi connectivity index (χ2v) is 10.4. The number of carbonyl (C=O) groups excluding carboxylic acids is 1. The van der Waals surface area contributed by atoms with E-state index in [4.69, 9.17) is 9.47 Å². The molecule has 0 N–H and O–H groups in total. The number of ether oxygens (including phenoxy) is 2. The zero-order valence-electron chi connectivity index (χ0n) is 18.7. The highest BCUT2D eigenvalue weighted by Gasteiger charge is 2.63. The Kier molecular flexibility index (Phi) is 4.37. The van der Waals surface area contributed by atoms with Crippen molar-refractivity contribution in [2.24, 2.45) is 17.3 Å². The molecule has 31 heavy (non-hydrogen) atoms. The summed E-state index contributed by atoms with van der Waals surface area (Å²) in [7, 11) is 1.75. The fourth-order valence-corrected chi connectivity index (χ4v) is 7.83. The predicted molar refractivity (Wildman–Crippen MR) is 121 cm³/mol. The van der Waals surface area contributed by atoms with Crippen LogP contribution in [0.5, 0.6) is 5.75 Å². The zero-order valence-corrected chi connectivity index (χ0v) is 18.7. The van der Waals surface area contributed by atoms with Crippen LogP contribution < -0.4 is 4.74 Å². The Morgan fingerprint density at radius 1 is 1.16 bits per heavy atom. The molecule has 4 aliphatic carbocycles. The summed E-state index contributed by atoms with van der Waals surface area (Å²) >= 11 is 0. The quantitative estimate of drug-likeness (QED) is 0.562. The number of allylic oxidation sites excluding steroid dienone is 4. The molecule has 162 valence electrons. The molecule has 2 fully saturated rings. The summed E-state index contributed by atoms with van der Waals surface area (Å²) in [5.74, 6) is 2.84. The van der Waals surface area contributed by atoms with Gasteiger partial charge in [-0.25, -0.2) is 0 Å². The predicted octanol–water partition coefficient (Wildman–Crippen LogP) is 5.92. The molecule has 5 aliphatic rings. The van der Waals surface area contributed by atoms with Crippen molar-refractivity contribution in [3.8, 4) is 5.75 Å². The summed E-state index contributed by atoms with van der Waals surface area (Å²) in [5.41, 5.74) is 5.85. The van der Waals surface area contributed by atoms with E-state index in [0.29, 0.717) is 30.0 Å². The van der Waals surface area contributed by atoms with E-state index in [1.807, 2.05) is 12.1 Å². The van der Waals surface area contributed by atoms with E-state index < -0.39 is 0 Å². The molecule has 0 radical (unpaired) electrons. The van der Waals surface area contributed by atoms with Gasteiger partial charge in [-0.15, -0.1) is 0 Å². The van der Waals surface area contributed by atoms with Gasteiger partial charge in [0.2, 0.25) is 0 Å². The van der Waals surface area contributed by atoms with E-state index in [1.165, 1.54) is 29.6 Å². The van der Waals surface area contributed by atoms with Gasteiger partial charge in [-0.05, 0) is 85.3 Å². The van der Waals surface area contributed by atoms with Crippen LogP contribution in [-0.2, 0) is 9.53 Å². The third-order valence-corrected chi connectivity index (χ3v) is 9.24. The lowest BCUT2D eigenvalue weighted by Gasteiger charge is -2.54. The molecule has 2 saturated carbocycles. The Balaban J connectivity index is 1.53. The van der Waals surface area contributed by atoms with E-state index in [-0.39, 0.29) is 11.0 Å². The maximum Gasteiger partial charge on any atom is 0.156 e. The summed E-state index contributed by atoms with van der Waals surface area (Å²) in [6.45, 7) is 3.25. The van der Waals surface area contributed by atoms with Gasteiger partial charge >= 0.3 is 0 Å². The SMILES string of the molecule is COc1cccc([C@H]2C[C@@]3(C)[C@@H](CCC34C=CCO4)[C@@H]3CCC4=CC(=O)CCC4=C32)c1. The van der Waals surface area contributed by atoms with Crippen LogP contribution in [0, 0.1) is 17.3 Å². The van der Waals surface area contributed by atoms with Crippen molar-refractivity contribution in [2.75, 3.05) is 13.7 Å². The number of methoxy groups -OCH3 is 1. The summed E-state index contributed by atoms with van der Waals surface area (Å²) in [4.78, 5) is 12.2. The molecule has 0 bridgehead atoms. The van der Waals surface area contributed by atoms with Gasteiger partial charge in [-0.3, -0.25) is 4.79 Å². The van der Waals surface area contributed by atoms with Crippen LogP contribution in [-0.4, -0.2) is 25.1 Å². The van der Waals surface area contributed by atoms with Crippen molar-refractivity contribution in [1.82, 2.24) is 0 Å². The third-order valence-electron chi connectivity index (χ3n) is 9.24. The lowest BCUT2D eigenvalue weighted by Crippen LogP contribution is -2.51. The fraction of sp³-hybridized carbons (Fsp3) is 0.536. The maximum atomic E-state index is 12.2. The Hall–Kier alpha value is -2.13. The number of fused-ring (bicyclic) bond motifs is 5. The third kappa shape index (κ3) is 2.72. The molecule has 1 aromatic carbocycles. The highest BCUT2D eigenvalue weighted by Crippen LogP contribution is 2.68. The average molecular weight is 417 g/mol. The number of rotatable bonds is 2. The first-order chi connectivity index (χ1) is 15.0. The highest BCUT2D eigenvalue weighted by atomic mass is 16.5. The van der Waals surface area contributed by atoms with Gasteiger partial charge in [-0.1, -0.05) is 36.8 Å². The van der Waals surface area contributed by atoms with Crippen molar-refractivity contribution in [1.29, 1.82) is 0 Å². The van der Waals surface area contributed by atoms with E-state index in [2.05, 4.69) is 37.3 Å². The normalized spacial score (nSPS) is 38.7. The second-order valence-electron chi connectivity index (χ2n) is 10.4. The largest absolute Gasteiger partial charge is 0.497 e. The number of benzene rings is 1. The van der Waals surface area contributed by atoms with Gasteiger partial charge in [0.15, 0.2) is 5.78 Å². The maximum absolute atomic E-state index is 12.2. The molecule has 1 aliphatic heterocycles. The molecule has 3 nitrogen and oxygen atoms in total. The second kappa shape index (κ2) is 6.93. The van der Waals surface area contributed by atoms with Crippen LogP contribution in [0.15, 0.2) is 59.2 Å². The van der Waals surface area contributed by atoms with E-state index in [1.54, 1.807) is 12.7 Å². The Bertz CT molecular complexity index is 1030. The summed E-state index contributed by atoms with van der Waals surface area (Å²) in [6, 6.07) is 8.68. The minimum Gasteiger partial charge on any atom is -0.497 e. The number of carbonyl (C=O) groups is 1. The van der Waals surface area contributed by atoms with E-state index >= 15 is 0 Å². The van der Waals surface area contributed by atoms with Crippen molar-refractivity contribution in [3.05, 3.63) is 64.8 Å². The molecule has 1 heterocycles. The Labute approximate surface area is 185 Å². The first-order valence-electron chi connectivity index (χ1n) is 12.0. The lowest BCUT2D eigenvalue weighted by molar-refractivity contribution is -0.114. The molecule has 6 rings (SSSR count). The van der Waals surface area contributed by atoms with Crippen molar-refractivity contribution in [3.63, 3.8) is 0 Å². The molecule has 3 heteroatoms. The summed E-state index contributed by atoms with van der Waals surface area (Å²) < 4.78 is 12.1. The van der Waals surface area contributed by atoms with Gasteiger partial charge in [0.25, 0.3) is 0 Å². The molecular weight excluding hydrogens is 384 g/mol. The Morgan fingerprint density at radius 2 is 2.06 bits per heavy atom. The molecule has 5 atom stereocenters. The minimum atomic E-state index is -0.108. The summed E-state index contributed by atoms with van der Waals surface area (Å²) in [5, 5.41) is 0. The molecule has 1 aromatic rings. The first-order valence-corrected chi connectivity index (χ1v) is 12.0. The lowest BCUT2D eigenvalue weighted by atomic mass is 9.51. The van der Waals surface area contributed by atoms with Crippen LogP contribution >= 0.6 is 0 Å². The van der Waals surface area contributed by atoms with Crippen LogP contribution in [0.2, 0.25) is 0 Å². The van der Waals surface area contributed by atoms with Crippen molar-refractivity contribution in [2.45, 2.75) is 63.4 Å². The molecule has 1 spiro atoms. The van der Waals surface area contributed by atoms with Crippen LogP contribution in [0.1, 0.15) is 63.4 Å². The van der Waals surface area contributed by atoms with Gasteiger partial charge in [0.05, 0.1) is 19.3 Å². The molecule has 0 aromatic heterocycles. The fourth-order valence-electron chi connectivity index (χ4n) is 7.83. The molecule has 1 unspecified atom stereocenters. The van der Waals surface area contributed by atoms with Crippen LogP contribution in [0.3, 0.4) is 0 Å². The van der Waals surface area contributed by atoms with Crippen molar-refractivity contribution < 1.29 is 14.3 Å². The number of hydrogen-bond donors (Lipinski definition) is 0. The monoisotopic (exact) mass is 416 g/mol. The van der Waals surface area contributed by atoms with Gasteiger partial charge in [-0.2, -0.15) is 0 Å². The van der Waals surface area contributed by atoms with Crippen LogP contribution in [0.25, 0.3) is 0 Å². The van der Waals surface area contributed by atoms with E-state index in [9.17, 15) is 4.79 Å². The smallest absolute Gasteiger partial charge is 0.156 e. The standard InChI is InChI=1S/C28H32O3/c1-27-17-24(18-5-3-6-21(16-18)30-2)26-22-10-8-20(29)15-19(22)7-9-23(26)25(27)11-13-28(27)12-4-14-31-28/h3-6,12,15-16,23-25H,7-11,13-14,17H2,1-2H3/t23-,24+,25-,27-,28?/m0/s1. The van der Waals surface area contributed by atoms with E-state index in [0.717, 1.165) is 38.0 Å². The highest BCUT2D eigenvalue weighted by molar-refractivity contribution is 5.93. The average Bonchev–Trinajstić information content (AvgIpc) is 3.38. The molecule has 0 amide bonds. The van der Waals surface area contributed by atoms with Gasteiger partial charge in [0, 0.05) is 17.8 Å². The van der Waals surface area contributed by atoms with Gasteiger partial charge in [0.1, 0.15) is 5.75 Å².